The number of ether oxygens (including phenoxy) is 1. The standard InChI is InChI=1S/C12H10FN3O5/c13-9-5-7(16(18)19)1-2-10(9)21-6-11-8(3-4-20-11)12(17)15-14/h1-5H,6,14H2,(H,15,17). The molecule has 3 N–H and O–H groups in total. The fourth-order valence-electron chi connectivity index (χ4n) is 1.60. The van der Waals surface area contributed by atoms with Gasteiger partial charge < -0.3 is 9.15 Å². The van der Waals surface area contributed by atoms with Crippen LogP contribution in [0.15, 0.2) is 34.9 Å². The summed E-state index contributed by atoms with van der Waals surface area (Å²) in [5, 5.41) is 10.5. The first-order chi connectivity index (χ1) is 10.0. The maximum atomic E-state index is 13.6. The molecule has 0 atom stereocenters. The van der Waals surface area contributed by atoms with Gasteiger partial charge in [-0.15, -0.1) is 0 Å². The summed E-state index contributed by atoms with van der Waals surface area (Å²) in [6, 6.07) is 4.35. The number of carbonyl (C=O) groups is 1. The Morgan fingerprint density at radius 3 is 2.86 bits per heavy atom. The van der Waals surface area contributed by atoms with Crippen LogP contribution >= 0.6 is 0 Å². The quantitative estimate of drug-likeness (QED) is 0.373. The van der Waals surface area contributed by atoms with Gasteiger partial charge >= 0.3 is 0 Å². The van der Waals surface area contributed by atoms with E-state index in [9.17, 15) is 19.3 Å². The van der Waals surface area contributed by atoms with Gasteiger partial charge in [0.05, 0.1) is 22.8 Å². The molecule has 2 aromatic rings. The van der Waals surface area contributed by atoms with E-state index in [0.717, 1.165) is 18.2 Å². The van der Waals surface area contributed by atoms with Gasteiger partial charge in [0.1, 0.15) is 6.61 Å². The highest BCUT2D eigenvalue weighted by Gasteiger charge is 2.16. The van der Waals surface area contributed by atoms with Crippen LogP contribution in [0.3, 0.4) is 0 Å². The lowest BCUT2D eigenvalue weighted by Crippen LogP contribution is -2.30. The molecular formula is C12H10FN3O5. The molecule has 2 rings (SSSR count). The van der Waals surface area contributed by atoms with Gasteiger partial charge in [-0.3, -0.25) is 20.3 Å². The van der Waals surface area contributed by atoms with Crippen molar-refractivity contribution in [3.8, 4) is 5.75 Å². The first-order valence-electron chi connectivity index (χ1n) is 5.67. The Kier molecular flexibility index (Phi) is 4.14. The molecule has 0 fully saturated rings. The number of nitro groups is 1. The number of halogens is 1. The fourth-order valence-corrected chi connectivity index (χ4v) is 1.60. The summed E-state index contributed by atoms with van der Waals surface area (Å²) in [5.41, 5.74) is 1.70. The van der Waals surface area contributed by atoms with E-state index in [0.29, 0.717) is 0 Å². The van der Waals surface area contributed by atoms with Crippen molar-refractivity contribution in [1.29, 1.82) is 0 Å². The predicted molar refractivity (Wildman–Crippen MR) is 67.7 cm³/mol. The number of nitrogens with two attached hydrogens (primary N) is 1. The third-order valence-corrected chi connectivity index (χ3v) is 2.61. The fraction of sp³-hybridized carbons (Fsp3) is 0.0833. The van der Waals surface area contributed by atoms with E-state index >= 15 is 0 Å². The number of hydrogen-bond donors (Lipinski definition) is 2. The molecule has 0 saturated heterocycles. The van der Waals surface area contributed by atoms with Gasteiger partial charge in [0.15, 0.2) is 17.3 Å². The van der Waals surface area contributed by atoms with Crippen LogP contribution in [0.1, 0.15) is 16.1 Å². The van der Waals surface area contributed by atoms with E-state index in [1.54, 1.807) is 0 Å². The molecule has 110 valence electrons. The number of hydrogen-bond acceptors (Lipinski definition) is 6. The van der Waals surface area contributed by atoms with Crippen molar-refractivity contribution in [2.45, 2.75) is 6.61 Å². The van der Waals surface area contributed by atoms with E-state index in [4.69, 9.17) is 15.0 Å². The van der Waals surface area contributed by atoms with Crippen molar-refractivity contribution in [2.75, 3.05) is 0 Å². The number of nitro benzene ring substituents is 1. The number of carbonyl (C=O) groups excluding carboxylic acids is 1. The minimum atomic E-state index is -0.888. The molecule has 0 bridgehead atoms. The summed E-state index contributed by atoms with van der Waals surface area (Å²) in [6.45, 7) is -0.232. The Balaban J connectivity index is 2.12. The lowest BCUT2D eigenvalue weighted by molar-refractivity contribution is -0.385. The third kappa shape index (κ3) is 3.15. The van der Waals surface area contributed by atoms with Gasteiger partial charge in [0.25, 0.3) is 11.6 Å². The number of non-ortho nitro benzene ring substituents is 1. The van der Waals surface area contributed by atoms with Crippen molar-refractivity contribution >= 4 is 11.6 Å². The smallest absolute Gasteiger partial charge is 0.272 e. The largest absolute Gasteiger partial charge is 0.483 e. The summed E-state index contributed by atoms with van der Waals surface area (Å²) in [7, 11) is 0. The van der Waals surface area contributed by atoms with Crippen LogP contribution in [0.25, 0.3) is 0 Å². The van der Waals surface area contributed by atoms with Crippen molar-refractivity contribution in [1.82, 2.24) is 5.43 Å². The van der Waals surface area contributed by atoms with Crippen LogP contribution in [0.5, 0.6) is 5.75 Å². The minimum absolute atomic E-state index is 0.149. The zero-order valence-corrected chi connectivity index (χ0v) is 10.5. The Morgan fingerprint density at radius 2 is 2.24 bits per heavy atom. The van der Waals surface area contributed by atoms with Crippen LogP contribution in [0.4, 0.5) is 10.1 Å². The third-order valence-electron chi connectivity index (χ3n) is 2.61. The molecule has 1 amide bonds. The van der Waals surface area contributed by atoms with Crippen LogP contribution in [-0.4, -0.2) is 10.8 Å². The molecule has 0 saturated carbocycles. The molecule has 0 aliphatic heterocycles. The number of nitrogens with one attached hydrogen (secondary N) is 1. The number of hydrazine groups is 1. The molecule has 0 unspecified atom stereocenters. The zero-order valence-electron chi connectivity index (χ0n) is 10.5. The molecule has 0 spiro atoms. The average Bonchev–Trinajstić information content (AvgIpc) is 2.93. The molecule has 1 aromatic heterocycles. The van der Waals surface area contributed by atoms with Crippen LogP contribution in [0, 0.1) is 15.9 Å². The Hall–Kier alpha value is -2.94. The molecule has 0 aliphatic rings. The predicted octanol–water partition coefficient (Wildman–Crippen LogP) is 1.51. The monoisotopic (exact) mass is 295 g/mol. The lowest BCUT2D eigenvalue weighted by Gasteiger charge is -2.06. The summed E-state index contributed by atoms with van der Waals surface area (Å²) in [5.74, 6) is 3.49. The second-order valence-electron chi connectivity index (χ2n) is 3.89. The topological polar surface area (TPSA) is 121 Å². The van der Waals surface area contributed by atoms with Crippen molar-refractivity contribution < 1.29 is 23.3 Å². The van der Waals surface area contributed by atoms with Gasteiger partial charge in [-0.1, -0.05) is 0 Å². The van der Waals surface area contributed by atoms with E-state index in [-0.39, 0.29) is 29.4 Å². The summed E-state index contributed by atoms with van der Waals surface area (Å²) in [4.78, 5) is 21.2. The number of amides is 1. The first-order valence-corrected chi connectivity index (χ1v) is 5.67. The second kappa shape index (κ2) is 6.01. The highest BCUT2D eigenvalue weighted by atomic mass is 19.1. The van der Waals surface area contributed by atoms with Crippen molar-refractivity contribution in [2.24, 2.45) is 5.84 Å². The number of benzene rings is 1. The number of nitrogen functional groups attached to an aromatic ring is 1. The van der Waals surface area contributed by atoms with E-state index in [2.05, 4.69) is 0 Å². The number of rotatable bonds is 5. The zero-order chi connectivity index (χ0) is 15.4. The molecule has 1 aromatic carbocycles. The SMILES string of the molecule is NNC(=O)c1ccoc1COc1ccc([N+](=O)[O-])cc1F. The van der Waals surface area contributed by atoms with Crippen molar-refractivity contribution in [3.05, 3.63) is 57.8 Å². The van der Waals surface area contributed by atoms with Gasteiger partial charge in [0.2, 0.25) is 0 Å². The van der Waals surface area contributed by atoms with Crippen LogP contribution in [0.2, 0.25) is 0 Å². The average molecular weight is 295 g/mol. The lowest BCUT2D eigenvalue weighted by atomic mass is 10.2. The Morgan fingerprint density at radius 1 is 1.48 bits per heavy atom. The summed E-state index contributed by atoms with van der Waals surface area (Å²) >= 11 is 0. The molecule has 0 radical (unpaired) electrons. The second-order valence-corrected chi connectivity index (χ2v) is 3.89. The molecule has 1 heterocycles. The van der Waals surface area contributed by atoms with Crippen LogP contribution in [-0.2, 0) is 6.61 Å². The van der Waals surface area contributed by atoms with E-state index in [1.807, 2.05) is 5.43 Å². The molecule has 21 heavy (non-hydrogen) atoms. The van der Waals surface area contributed by atoms with E-state index < -0.39 is 16.6 Å². The molecular weight excluding hydrogens is 285 g/mol. The maximum absolute atomic E-state index is 13.6. The number of nitrogens with zero attached hydrogens (tertiary/aromatic N) is 1. The van der Waals surface area contributed by atoms with Crippen LogP contribution < -0.4 is 16.0 Å². The maximum Gasteiger partial charge on any atom is 0.272 e. The molecule has 9 heteroatoms. The normalized spacial score (nSPS) is 10.2. The van der Waals surface area contributed by atoms with Gasteiger partial charge in [-0.25, -0.2) is 10.2 Å². The van der Waals surface area contributed by atoms with Crippen molar-refractivity contribution in [3.63, 3.8) is 0 Å². The van der Waals surface area contributed by atoms with E-state index in [1.165, 1.54) is 12.3 Å². The van der Waals surface area contributed by atoms with Gasteiger partial charge in [-0.2, -0.15) is 0 Å². The van der Waals surface area contributed by atoms with Gasteiger partial charge in [-0.05, 0) is 12.1 Å². The Bertz CT molecular complexity index is 685. The minimum Gasteiger partial charge on any atom is -0.483 e. The summed E-state index contributed by atoms with van der Waals surface area (Å²) < 4.78 is 23.8. The highest BCUT2D eigenvalue weighted by Crippen LogP contribution is 2.24. The molecule has 8 nitrogen and oxygen atoms in total. The first kappa shape index (κ1) is 14.5. The highest BCUT2D eigenvalue weighted by molar-refractivity contribution is 5.94. The van der Waals surface area contributed by atoms with Gasteiger partial charge in [0, 0.05) is 6.07 Å². The number of furan rings is 1. The molecule has 0 aliphatic carbocycles. The summed E-state index contributed by atoms with van der Waals surface area (Å²) in [6.07, 6.45) is 1.26. The Labute approximate surface area is 117 Å².